The summed E-state index contributed by atoms with van der Waals surface area (Å²) in [7, 11) is 0. The summed E-state index contributed by atoms with van der Waals surface area (Å²) in [6, 6.07) is 18.2. The highest BCUT2D eigenvalue weighted by molar-refractivity contribution is 8.00. The predicted octanol–water partition coefficient (Wildman–Crippen LogP) is 4.86. The lowest BCUT2D eigenvalue weighted by molar-refractivity contribution is -0.113. The predicted molar refractivity (Wildman–Crippen MR) is 123 cm³/mol. The topological polar surface area (TPSA) is 72.7 Å². The molecule has 1 aliphatic rings. The van der Waals surface area contributed by atoms with Crippen molar-refractivity contribution in [2.75, 3.05) is 11.1 Å². The highest BCUT2D eigenvalue weighted by Gasteiger charge is 2.34. The van der Waals surface area contributed by atoms with Gasteiger partial charge in [0.25, 0.3) is 5.95 Å². The molecule has 3 heterocycles. The lowest BCUT2D eigenvalue weighted by atomic mass is 9.99. The quantitative estimate of drug-likeness (QED) is 0.488. The van der Waals surface area contributed by atoms with E-state index in [9.17, 15) is 9.18 Å². The van der Waals surface area contributed by atoms with Crippen molar-refractivity contribution in [2.45, 2.75) is 19.1 Å². The Kier molecular flexibility index (Phi) is 5.22. The van der Waals surface area contributed by atoms with E-state index in [1.807, 2.05) is 50.2 Å². The number of carbonyl (C=O) groups is 1. The van der Waals surface area contributed by atoms with Gasteiger partial charge in [0.1, 0.15) is 11.6 Å². The van der Waals surface area contributed by atoms with Crippen LogP contribution in [-0.2, 0) is 4.79 Å². The number of nitrogens with one attached hydrogen (secondary N) is 1. The van der Waals surface area contributed by atoms with Gasteiger partial charge in [0.2, 0.25) is 5.91 Å². The number of thioether (sulfide) groups is 1. The van der Waals surface area contributed by atoms with E-state index in [0.717, 1.165) is 22.5 Å². The van der Waals surface area contributed by atoms with E-state index in [4.69, 9.17) is 5.10 Å². The Bertz CT molecular complexity index is 1300. The van der Waals surface area contributed by atoms with E-state index < -0.39 is 5.25 Å². The maximum Gasteiger partial charge on any atom is 0.252 e. The van der Waals surface area contributed by atoms with Gasteiger partial charge in [0.05, 0.1) is 16.7 Å². The molecule has 4 aromatic rings. The van der Waals surface area contributed by atoms with E-state index in [2.05, 4.69) is 15.3 Å². The monoisotopic (exact) mass is 445 g/mol. The zero-order valence-electron chi connectivity index (χ0n) is 17.5. The minimum absolute atomic E-state index is 0.180. The molecule has 5 rings (SSSR count). The Hall–Kier alpha value is -3.52. The highest BCUT2D eigenvalue weighted by atomic mass is 32.2. The molecule has 32 heavy (non-hydrogen) atoms. The van der Waals surface area contributed by atoms with Crippen molar-refractivity contribution in [1.29, 1.82) is 0 Å². The molecule has 1 amide bonds. The summed E-state index contributed by atoms with van der Waals surface area (Å²) in [5.41, 5.74) is 4.35. The lowest BCUT2D eigenvalue weighted by Gasteiger charge is -2.17. The fraction of sp³-hybridized carbons (Fsp3) is 0.167. The lowest BCUT2D eigenvalue weighted by Crippen LogP contribution is -2.17. The summed E-state index contributed by atoms with van der Waals surface area (Å²) in [4.78, 5) is 21.8. The molecule has 0 saturated carbocycles. The van der Waals surface area contributed by atoms with Crippen LogP contribution in [-0.4, -0.2) is 31.4 Å². The average Bonchev–Trinajstić information content (AvgIpc) is 3.05. The van der Waals surface area contributed by atoms with E-state index >= 15 is 0 Å². The fourth-order valence-corrected chi connectivity index (χ4v) is 5.05. The number of rotatable bonds is 3. The van der Waals surface area contributed by atoms with Gasteiger partial charge in [-0.25, -0.2) is 14.4 Å². The Morgan fingerprint density at radius 3 is 2.44 bits per heavy atom. The molecule has 2 aromatic carbocycles. The van der Waals surface area contributed by atoms with Crippen LogP contribution >= 0.6 is 11.8 Å². The molecular weight excluding hydrogens is 425 g/mol. The molecule has 1 N–H and O–H groups in total. The highest BCUT2D eigenvalue weighted by Crippen LogP contribution is 2.47. The Morgan fingerprint density at radius 1 is 1.03 bits per heavy atom. The van der Waals surface area contributed by atoms with Gasteiger partial charge in [-0.05, 0) is 26.0 Å². The Labute approximate surface area is 188 Å². The smallest absolute Gasteiger partial charge is 0.252 e. The summed E-state index contributed by atoms with van der Waals surface area (Å²) in [5.74, 6) is 0.521. The second-order valence-corrected chi connectivity index (χ2v) is 8.69. The van der Waals surface area contributed by atoms with E-state index in [0.29, 0.717) is 23.0 Å². The third kappa shape index (κ3) is 3.67. The van der Waals surface area contributed by atoms with E-state index in [1.54, 1.807) is 22.9 Å². The normalized spacial score (nSPS) is 15.7. The first-order chi connectivity index (χ1) is 15.5. The summed E-state index contributed by atoms with van der Waals surface area (Å²) >= 11 is 1.38. The molecule has 2 aromatic heterocycles. The van der Waals surface area contributed by atoms with Gasteiger partial charge in [-0.1, -0.05) is 48.5 Å². The molecule has 0 fully saturated rings. The number of anilines is 1. The number of hydrogen-bond donors (Lipinski definition) is 1. The second kappa shape index (κ2) is 8.20. The van der Waals surface area contributed by atoms with Gasteiger partial charge < -0.3 is 5.32 Å². The van der Waals surface area contributed by atoms with Crippen LogP contribution in [0.3, 0.4) is 0 Å². The summed E-state index contributed by atoms with van der Waals surface area (Å²) < 4.78 is 16.5. The molecule has 6 nitrogen and oxygen atoms in total. The first-order valence-electron chi connectivity index (χ1n) is 10.2. The molecule has 8 heteroatoms. The zero-order valence-corrected chi connectivity index (χ0v) is 18.4. The largest absolute Gasteiger partial charge is 0.309 e. The molecule has 160 valence electrons. The van der Waals surface area contributed by atoms with Gasteiger partial charge >= 0.3 is 0 Å². The SMILES string of the molecule is Cc1cc(C)nc(-n2nc(-c3ccccc3)c3c2NC(=O)CS[C@@H]3c2ccccc2F)n1. The van der Waals surface area contributed by atoms with Crippen LogP contribution in [0.5, 0.6) is 0 Å². The third-order valence-corrected chi connectivity index (χ3v) is 6.47. The number of halogens is 1. The molecular formula is C24H20FN5OS. The number of hydrogen-bond acceptors (Lipinski definition) is 5. The molecule has 0 unspecified atom stereocenters. The van der Waals surface area contributed by atoms with Crippen LogP contribution < -0.4 is 5.32 Å². The second-order valence-electron chi connectivity index (χ2n) is 7.60. The van der Waals surface area contributed by atoms with Gasteiger partial charge in [-0.2, -0.15) is 9.78 Å². The van der Waals surface area contributed by atoms with Crippen LogP contribution in [0.15, 0.2) is 60.7 Å². The Morgan fingerprint density at radius 2 is 1.72 bits per heavy atom. The van der Waals surface area contributed by atoms with Gasteiger partial charge in [-0.3, -0.25) is 4.79 Å². The number of amides is 1. The van der Waals surface area contributed by atoms with Crippen molar-refractivity contribution in [3.05, 3.63) is 89.0 Å². The van der Waals surface area contributed by atoms with Gasteiger partial charge in [0.15, 0.2) is 0 Å². The average molecular weight is 446 g/mol. The van der Waals surface area contributed by atoms with Crippen LogP contribution in [0.4, 0.5) is 10.2 Å². The molecule has 1 atom stereocenters. The summed E-state index contributed by atoms with van der Waals surface area (Å²) in [5, 5.41) is 7.38. The van der Waals surface area contributed by atoms with Crippen molar-refractivity contribution < 1.29 is 9.18 Å². The van der Waals surface area contributed by atoms with Crippen molar-refractivity contribution in [3.8, 4) is 17.2 Å². The van der Waals surface area contributed by atoms with Crippen molar-refractivity contribution in [3.63, 3.8) is 0 Å². The third-order valence-electron chi connectivity index (χ3n) is 5.22. The molecule has 0 radical (unpaired) electrons. The fourth-order valence-electron chi connectivity index (χ4n) is 3.90. The van der Waals surface area contributed by atoms with Crippen molar-refractivity contribution in [2.24, 2.45) is 0 Å². The number of benzene rings is 2. The van der Waals surface area contributed by atoms with Gasteiger partial charge in [-0.15, -0.1) is 11.8 Å². The van der Waals surface area contributed by atoms with E-state index in [1.165, 1.54) is 17.8 Å². The molecule has 0 aliphatic carbocycles. The van der Waals surface area contributed by atoms with E-state index in [-0.39, 0.29) is 17.5 Å². The maximum atomic E-state index is 14.9. The first kappa shape index (κ1) is 20.4. The number of carbonyl (C=O) groups excluding carboxylic acids is 1. The van der Waals surface area contributed by atoms with Crippen molar-refractivity contribution >= 4 is 23.5 Å². The number of aromatic nitrogens is 4. The number of aryl methyl sites for hydroxylation is 2. The first-order valence-corrected chi connectivity index (χ1v) is 11.2. The summed E-state index contributed by atoms with van der Waals surface area (Å²) in [6.07, 6.45) is 0. The maximum absolute atomic E-state index is 14.9. The van der Waals surface area contributed by atoms with Crippen molar-refractivity contribution in [1.82, 2.24) is 19.7 Å². The number of fused-ring (bicyclic) bond motifs is 1. The molecule has 0 bridgehead atoms. The van der Waals surface area contributed by atoms with Crippen LogP contribution in [0.2, 0.25) is 0 Å². The van der Waals surface area contributed by atoms with Gasteiger partial charge in [0, 0.05) is 28.1 Å². The Balaban J connectivity index is 1.82. The molecule has 1 aliphatic heterocycles. The minimum Gasteiger partial charge on any atom is -0.309 e. The van der Waals surface area contributed by atoms with Crippen LogP contribution in [0, 0.1) is 19.7 Å². The zero-order chi connectivity index (χ0) is 22.2. The molecule has 0 spiro atoms. The molecule has 0 saturated heterocycles. The summed E-state index contributed by atoms with van der Waals surface area (Å²) in [6.45, 7) is 3.77. The van der Waals surface area contributed by atoms with Crippen LogP contribution in [0.25, 0.3) is 17.2 Å². The minimum atomic E-state index is -0.431. The standard InChI is InChI=1S/C24H20FN5OS/c1-14-12-15(2)27-24(26-14)30-23-20(21(29-30)16-8-4-3-5-9-16)22(32-13-19(31)28-23)17-10-6-7-11-18(17)25/h3-12,22H,13H2,1-2H3,(H,28,31)/t22-/m1/s1. The number of nitrogens with zero attached hydrogens (tertiary/aromatic N) is 4. The van der Waals surface area contributed by atoms with Crippen LogP contribution in [0.1, 0.15) is 27.8 Å².